The first-order chi connectivity index (χ1) is 13.1. The van der Waals surface area contributed by atoms with E-state index in [-0.39, 0.29) is 18.6 Å². The van der Waals surface area contributed by atoms with Gasteiger partial charge in [-0.3, -0.25) is 4.79 Å². The van der Waals surface area contributed by atoms with E-state index >= 15 is 0 Å². The zero-order chi connectivity index (χ0) is 19.2. The Bertz CT molecular complexity index is 856. The molecule has 1 aliphatic heterocycles. The lowest BCUT2D eigenvalue weighted by atomic mass is 10.1. The molecule has 1 aliphatic rings. The maximum Gasteiger partial charge on any atom is 0.258 e. The summed E-state index contributed by atoms with van der Waals surface area (Å²) < 4.78 is 17.0. The Morgan fingerprint density at radius 3 is 2.78 bits per heavy atom. The first-order valence-corrected chi connectivity index (χ1v) is 8.94. The molecule has 6 heteroatoms. The van der Waals surface area contributed by atoms with Crippen LogP contribution < -0.4 is 19.5 Å². The second kappa shape index (κ2) is 8.45. The molecule has 27 heavy (non-hydrogen) atoms. The van der Waals surface area contributed by atoms with Crippen molar-refractivity contribution in [1.29, 1.82) is 5.26 Å². The van der Waals surface area contributed by atoms with E-state index in [1.54, 1.807) is 24.3 Å². The molecule has 3 rings (SSSR count). The molecule has 2 aromatic rings. The predicted molar refractivity (Wildman–Crippen MR) is 99.9 cm³/mol. The summed E-state index contributed by atoms with van der Waals surface area (Å²) in [4.78, 5) is 12.1. The molecular formula is C21H22N2O4. The first-order valence-electron chi connectivity index (χ1n) is 8.94. The number of nitriles is 1. The average Bonchev–Trinajstić information content (AvgIpc) is 3.04. The minimum Gasteiger partial charge on any atom is -0.494 e. The van der Waals surface area contributed by atoms with Crippen molar-refractivity contribution >= 4 is 5.91 Å². The van der Waals surface area contributed by atoms with Gasteiger partial charge in [0.05, 0.1) is 18.2 Å². The standard InChI is InChI=1S/C21H22N2O4/c1-3-25-19-9-16-8-14(2)27-20(16)10-17(19)12-23-21(24)13-26-18-6-4-15(11-22)5-7-18/h4-7,9-10,14H,3,8,12-13H2,1-2H3,(H,23,24)/t14-/m1/s1. The lowest BCUT2D eigenvalue weighted by molar-refractivity contribution is -0.123. The Hall–Kier alpha value is -3.20. The van der Waals surface area contributed by atoms with Crippen LogP contribution in [-0.2, 0) is 17.8 Å². The number of rotatable bonds is 7. The van der Waals surface area contributed by atoms with Crippen molar-refractivity contribution in [3.05, 3.63) is 53.1 Å². The van der Waals surface area contributed by atoms with Crippen molar-refractivity contribution in [2.45, 2.75) is 32.9 Å². The average molecular weight is 366 g/mol. The minimum absolute atomic E-state index is 0.103. The molecule has 1 heterocycles. The van der Waals surface area contributed by atoms with E-state index in [9.17, 15) is 4.79 Å². The Morgan fingerprint density at radius 1 is 1.30 bits per heavy atom. The van der Waals surface area contributed by atoms with E-state index in [0.717, 1.165) is 29.0 Å². The molecule has 1 amide bonds. The Kier molecular flexibility index (Phi) is 5.82. The normalized spacial score (nSPS) is 14.6. The van der Waals surface area contributed by atoms with Gasteiger partial charge in [0, 0.05) is 24.1 Å². The van der Waals surface area contributed by atoms with Crippen LogP contribution in [-0.4, -0.2) is 25.2 Å². The van der Waals surface area contributed by atoms with Gasteiger partial charge in [-0.1, -0.05) is 0 Å². The van der Waals surface area contributed by atoms with Gasteiger partial charge in [0.1, 0.15) is 23.4 Å². The summed E-state index contributed by atoms with van der Waals surface area (Å²) >= 11 is 0. The molecule has 2 aromatic carbocycles. The maximum atomic E-state index is 12.1. The molecule has 1 N–H and O–H groups in total. The number of carbonyl (C=O) groups is 1. The van der Waals surface area contributed by atoms with Gasteiger partial charge in [-0.2, -0.15) is 5.26 Å². The summed E-state index contributed by atoms with van der Waals surface area (Å²) in [6, 6.07) is 12.6. The SMILES string of the molecule is CCOc1cc2c(cc1CNC(=O)COc1ccc(C#N)cc1)O[C@H](C)C2. The summed E-state index contributed by atoms with van der Waals surface area (Å²) in [5.74, 6) is 1.92. The molecule has 0 spiro atoms. The third kappa shape index (κ3) is 4.70. The highest BCUT2D eigenvalue weighted by molar-refractivity contribution is 5.77. The molecule has 0 fully saturated rings. The molecule has 0 radical (unpaired) electrons. The van der Waals surface area contributed by atoms with Crippen LogP contribution in [0.2, 0.25) is 0 Å². The number of nitrogens with one attached hydrogen (secondary N) is 1. The molecule has 0 unspecified atom stereocenters. The van der Waals surface area contributed by atoms with E-state index in [4.69, 9.17) is 19.5 Å². The van der Waals surface area contributed by atoms with Crippen LogP contribution >= 0.6 is 0 Å². The molecule has 0 bridgehead atoms. The van der Waals surface area contributed by atoms with E-state index < -0.39 is 0 Å². The third-order valence-corrected chi connectivity index (χ3v) is 4.21. The van der Waals surface area contributed by atoms with Crippen molar-refractivity contribution in [3.8, 4) is 23.3 Å². The first kappa shape index (κ1) is 18.6. The fraction of sp³-hybridized carbons (Fsp3) is 0.333. The number of hydrogen-bond donors (Lipinski definition) is 1. The number of carbonyl (C=O) groups excluding carboxylic acids is 1. The third-order valence-electron chi connectivity index (χ3n) is 4.21. The van der Waals surface area contributed by atoms with Crippen molar-refractivity contribution in [2.24, 2.45) is 0 Å². The highest BCUT2D eigenvalue weighted by Crippen LogP contribution is 2.35. The van der Waals surface area contributed by atoms with Gasteiger partial charge in [0.25, 0.3) is 5.91 Å². The largest absolute Gasteiger partial charge is 0.494 e. The Balaban J connectivity index is 1.58. The number of fused-ring (bicyclic) bond motifs is 1. The van der Waals surface area contributed by atoms with Crippen LogP contribution in [0.1, 0.15) is 30.5 Å². The van der Waals surface area contributed by atoms with Crippen LogP contribution in [0, 0.1) is 11.3 Å². The number of hydrogen-bond acceptors (Lipinski definition) is 5. The lowest BCUT2D eigenvalue weighted by Crippen LogP contribution is -2.28. The predicted octanol–water partition coefficient (Wildman–Crippen LogP) is 2.98. The second-order valence-corrected chi connectivity index (χ2v) is 6.33. The molecule has 140 valence electrons. The zero-order valence-electron chi connectivity index (χ0n) is 15.5. The summed E-state index contributed by atoms with van der Waals surface area (Å²) in [6.07, 6.45) is 1.01. The Labute approximate surface area is 158 Å². The fourth-order valence-corrected chi connectivity index (χ4v) is 2.93. The Morgan fingerprint density at radius 2 is 2.07 bits per heavy atom. The van der Waals surface area contributed by atoms with Crippen LogP contribution in [0.25, 0.3) is 0 Å². The van der Waals surface area contributed by atoms with Gasteiger partial charge in [-0.25, -0.2) is 0 Å². The van der Waals surface area contributed by atoms with Crippen molar-refractivity contribution in [3.63, 3.8) is 0 Å². The quantitative estimate of drug-likeness (QED) is 0.815. The smallest absolute Gasteiger partial charge is 0.258 e. The molecule has 1 atom stereocenters. The molecule has 0 saturated heterocycles. The van der Waals surface area contributed by atoms with Gasteiger partial charge < -0.3 is 19.5 Å². The lowest BCUT2D eigenvalue weighted by Gasteiger charge is -2.13. The van der Waals surface area contributed by atoms with Crippen LogP contribution in [0.4, 0.5) is 0 Å². The number of amides is 1. The number of ether oxygens (including phenoxy) is 3. The van der Waals surface area contributed by atoms with Crippen LogP contribution in [0.5, 0.6) is 17.2 Å². The van der Waals surface area contributed by atoms with E-state index in [0.29, 0.717) is 24.5 Å². The van der Waals surface area contributed by atoms with E-state index in [1.165, 1.54) is 0 Å². The van der Waals surface area contributed by atoms with Crippen molar-refractivity contribution in [2.75, 3.05) is 13.2 Å². The molecule has 0 saturated carbocycles. The summed E-state index contributed by atoms with van der Waals surface area (Å²) in [6.45, 7) is 4.74. The number of benzene rings is 2. The second-order valence-electron chi connectivity index (χ2n) is 6.33. The van der Waals surface area contributed by atoms with E-state index in [1.807, 2.05) is 32.0 Å². The van der Waals surface area contributed by atoms with Gasteiger partial charge in [0.15, 0.2) is 6.61 Å². The highest BCUT2D eigenvalue weighted by atomic mass is 16.5. The van der Waals surface area contributed by atoms with Crippen LogP contribution in [0.15, 0.2) is 36.4 Å². The van der Waals surface area contributed by atoms with Crippen molar-refractivity contribution < 1.29 is 19.0 Å². The van der Waals surface area contributed by atoms with Gasteiger partial charge >= 0.3 is 0 Å². The fourth-order valence-electron chi connectivity index (χ4n) is 2.93. The van der Waals surface area contributed by atoms with Crippen LogP contribution in [0.3, 0.4) is 0 Å². The van der Waals surface area contributed by atoms with Gasteiger partial charge in [0.2, 0.25) is 0 Å². The molecular weight excluding hydrogens is 344 g/mol. The molecule has 6 nitrogen and oxygen atoms in total. The summed E-state index contributed by atoms with van der Waals surface area (Å²) in [7, 11) is 0. The zero-order valence-corrected chi connectivity index (χ0v) is 15.5. The van der Waals surface area contributed by atoms with E-state index in [2.05, 4.69) is 5.32 Å². The highest BCUT2D eigenvalue weighted by Gasteiger charge is 2.22. The maximum absolute atomic E-state index is 12.1. The van der Waals surface area contributed by atoms with Crippen molar-refractivity contribution in [1.82, 2.24) is 5.32 Å². The monoisotopic (exact) mass is 366 g/mol. The summed E-state index contributed by atoms with van der Waals surface area (Å²) in [5, 5.41) is 11.6. The minimum atomic E-state index is -0.239. The molecule has 0 aliphatic carbocycles. The number of nitrogens with zero attached hydrogens (tertiary/aromatic N) is 1. The van der Waals surface area contributed by atoms with Gasteiger partial charge in [-0.15, -0.1) is 0 Å². The topological polar surface area (TPSA) is 80.6 Å². The van der Waals surface area contributed by atoms with Gasteiger partial charge in [-0.05, 0) is 50.2 Å². The molecule has 0 aromatic heterocycles. The summed E-state index contributed by atoms with van der Waals surface area (Å²) in [5.41, 5.74) is 2.55.